The van der Waals surface area contributed by atoms with E-state index >= 15 is 0 Å². The fourth-order valence-electron chi connectivity index (χ4n) is 3.70. The van der Waals surface area contributed by atoms with Gasteiger partial charge in [0.1, 0.15) is 12.4 Å². The van der Waals surface area contributed by atoms with E-state index < -0.39 is 5.97 Å². The van der Waals surface area contributed by atoms with E-state index in [2.05, 4.69) is 29.2 Å². The van der Waals surface area contributed by atoms with Crippen LogP contribution in [0.15, 0.2) is 71.3 Å². The molecule has 1 aliphatic rings. The zero-order valence-corrected chi connectivity index (χ0v) is 18.2. The van der Waals surface area contributed by atoms with Crippen LogP contribution in [0, 0.1) is 0 Å². The first-order valence-corrected chi connectivity index (χ1v) is 11.3. The number of anilines is 1. The Labute approximate surface area is 186 Å². The molecule has 0 fully saturated rings. The van der Waals surface area contributed by atoms with Crippen LogP contribution >= 0.6 is 11.8 Å². The van der Waals surface area contributed by atoms with Gasteiger partial charge in [0.15, 0.2) is 0 Å². The molecule has 1 N–H and O–H groups in total. The molecule has 4 rings (SSSR count). The number of carbonyl (C=O) groups is 1. The number of nitrogens with zero attached hydrogens (tertiary/aromatic N) is 1. The van der Waals surface area contributed by atoms with E-state index in [1.807, 2.05) is 48.2 Å². The number of hydrogen-bond donors (Lipinski definition) is 1. The van der Waals surface area contributed by atoms with Crippen molar-refractivity contribution in [1.29, 1.82) is 0 Å². The predicted molar refractivity (Wildman–Crippen MR) is 126 cm³/mol. The van der Waals surface area contributed by atoms with Gasteiger partial charge in [-0.2, -0.15) is 0 Å². The van der Waals surface area contributed by atoms with Crippen molar-refractivity contribution in [1.82, 2.24) is 0 Å². The quantitative estimate of drug-likeness (QED) is 0.383. The molecular formula is C25H25NO4S. The summed E-state index contributed by atoms with van der Waals surface area (Å²) in [6.45, 7) is 4.52. The van der Waals surface area contributed by atoms with Crippen LogP contribution in [0.3, 0.4) is 0 Å². The molecule has 0 unspecified atom stereocenters. The lowest BCUT2D eigenvalue weighted by atomic mass is 10.0. The van der Waals surface area contributed by atoms with Gasteiger partial charge >= 0.3 is 5.97 Å². The maximum Gasteiger partial charge on any atom is 0.371 e. The highest BCUT2D eigenvalue weighted by molar-refractivity contribution is 7.99. The lowest BCUT2D eigenvalue weighted by Crippen LogP contribution is -2.33. The first kappa shape index (κ1) is 21.1. The molecule has 1 aliphatic heterocycles. The third-order valence-corrected chi connectivity index (χ3v) is 6.18. The smallest absolute Gasteiger partial charge is 0.371 e. The van der Waals surface area contributed by atoms with Crippen LogP contribution in [0.5, 0.6) is 5.75 Å². The Morgan fingerprint density at radius 3 is 2.87 bits per heavy atom. The normalized spacial score (nSPS) is 13.7. The van der Waals surface area contributed by atoms with Crippen molar-refractivity contribution in [2.24, 2.45) is 0 Å². The third kappa shape index (κ3) is 4.97. The highest BCUT2D eigenvalue weighted by Crippen LogP contribution is 2.34. The number of ether oxygens (including phenoxy) is 2. The Morgan fingerprint density at radius 2 is 2.03 bits per heavy atom. The average molecular weight is 436 g/mol. The van der Waals surface area contributed by atoms with Crippen LogP contribution in [0.2, 0.25) is 0 Å². The molecule has 0 spiro atoms. The molecule has 0 radical (unpaired) electrons. The number of carboxylic acid groups (broad SMARTS) is 1. The van der Waals surface area contributed by atoms with Crippen molar-refractivity contribution in [2.45, 2.75) is 11.8 Å². The second kappa shape index (κ2) is 9.79. The predicted octanol–water partition coefficient (Wildman–Crippen LogP) is 5.29. The molecule has 0 amide bonds. The standard InChI is InChI=1S/C25H25NO4S/c1-2-29-23(25(27)28)17-19-7-5-6-18-16-20(10-11-21(18)19)30-14-12-26-13-15-31-24-9-4-3-8-22(24)26/h3-11,16-17H,2,12-15H2,1H3,(H,27,28). The van der Waals surface area contributed by atoms with E-state index in [9.17, 15) is 9.90 Å². The summed E-state index contributed by atoms with van der Waals surface area (Å²) in [5, 5.41) is 11.3. The van der Waals surface area contributed by atoms with Gasteiger partial charge in [0, 0.05) is 17.2 Å². The number of carboxylic acids is 1. The number of para-hydroxylation sites is 1. The van der Waals surface area contributed by atoms with Crippen LogP contribution in [0.25, 0.3) is 16.8 Å². The monoisotopic (exact) mass is 435 g/mol. The number of thioether (sulfide) groups is 1. The van der Waals surface area contributed by atoms with Crippen molar-refractivity contribution in [3.63, 3.8) is 0 Å². The highest BCUT2D eigenvalue weighted by atomic mass is 32.2. The van der Waals surface area contributed by atoms with Crippen LogP contribution in [0.4, 0.5) is 5.69 Å². The van der Waals surface area contributed by atoms with Crippen LogP contribution in [-0.4, -0.2) is 43.1 Å². The van der Waals surface area contributed by atoms with Gasteiger partial charge in [0.05, 0.1) is 18.8 Å². The largest absolute Gasteiger partial charge is 0.492 e. The second-order valence-electron chi connectivity index (χ2n) is 7.13. The van der Waals surface area contributed by atoms with Gasteiger partial charge in [-0.25, -0.2) is 4.79 Å². The molecule has 0 aromatic heterocycles. The van der Waals surface area contributed by atoms with Crippen molar-refractivity contribution in [2.75, 3.05) is 37.0 Å². The Bertz CT molecular complexity index is 1110. The van der Waals surface area contributed by atoms with Gasteiger partial charge in [0.2, 0.25) is 5.76 Å². The molecule has 0 aliphatic carbocycles. The Kier molecular flexibility index (Phi) is 6.67. The molecule has 0 saturated heterocycles. The number of rotatable bonds is 8. The molecule has 0 saturated carbocycles. The van der Waals surface area contributed by atoms with E-state index in [0.717, 1.165) is 40.9 Å². The number of aliphatic carboxylic acids is 1. The minimum Gasteiger partial charge on any atom is -0.492 e. The fourth-order valence-corrected chi connectivity index (χ4v) is 4.75. The molecular weight excluding hydrogens is 410 g/mol. The van der Waals surface area contributed by atoms with E-state index in [0.29, 0.717) is 13.2 Å². The van der Waals surface area contributed by atoms with Gasteiger partial charge < -0.3 is 19.5 Å². The summed E-state index contributed by atoms with van der Waals surface area (Å²) in [4.78, 5) is 15.1. The summed E-state index contributed by atoms with van der Waals surface area (Å²) in [5.74, 6) is 0.756. The SMILES string of the molecule is CCOC(=Cc1cccc2cc(OCCN3CCSc4ccccc43)ccc12)C(=O)O. The van der Waals surface area contributed by atoms with E-state index in [-0.39, 0.29) is 5.76 Å². The van der Waals surface area contributed by atoms with Crippen LogP contribution < -0.4 is 9.64 Å². The molecule has 3 aromatic rings. The summed E-state index contributed by atoms with van der Waals surface area (Å²) < 4.78 is 11.3. The Hall–Kier alpha value is -3.12. The summed E-state index contributed by atoms with van der Waals surface area (Å²) in [6.07, 6.45) is 1.57. The van der Waals surface area contributed by atoms with Gasteiger partial charge in [-0.1, -0.05) is 36.4 Å². The van der Waals surface area contributed by atoms with Crippen LogP contribution in [-0.2, 0) is 9.53 Å². The average Bonchev–Trinajstić information content (AvgIpc) is 2.79. The lowest BCUT2D eigenvalue weighted by molar-refractivity contribution is -0.136. The second-order valence-corrected chi connectivity index (χ2v) is 8.27. The lowest BCUT2D eigenvalue weighted by Gasteiger charge is -2.30. The van der Waals surface area contributed by atoms with Crippen molar-refractivity contribution in [3.8, 4) is 5.75 Å². The zero-order valence-electron chi connectivity index (χ0n) is 17.4. The molecule has 3 aromatic carbocycles. The zero-order chi connectivity index (χ0) is 21.6. The van der Waals surface area contributed by atoms with Gasteiger partial charge in [0.25, 0.3) is 0 Å². The van der Waals surface area contributed by atoms with E-state index in [1.165, 1.54) is 10.6 Å². The Balaban J connectivity index is 1.47. The van der Waals surface area contributed by atoms with Crippen molar-refractivity contribution >= 4 is 40.3 Å². The first-order valence-electron chi connectivity index (χ1n) is 10.4. The topological polar surface area (TPSA) is 59.0 Å². The van der Waals surface area contributed by atoms with Gasteiger partial charge in [-0.05, 0) is 53.6 Å². The summed E-state index contributed by atoms with van der Waals surface area (Å²) in [5.41, 5.74) is 2.08. The highest BCUT2D eigenvalue weighted by Gasteiger charge is 2.16. The Morgan fingerprint density at radius 1 is 1.16 bits per heavy atom. The van der Waals surface area contributed by atoms with Gasteiger partial charge in [-0.3, -0.25) is 0 Å². The van der Waals surface area contributed by atoms with E-state index in [4.69, 9.17) is 9.47 Å². The summed E-state index contributed by atoms with van der Waals surface area (Å²) in [7, 11) is 0. The number of fused-ring (bicyclic) bond motifs is 2. The molecule has 0 atom stereocenters. The minimum atomic E-state index is -1.07. The van der Waals surface area contributed by atoms with Crippen molar-refractivity contribution < 1.29 is 19.4 Å². The van der Waals surface area contributed by atoms with Crippen LogP contribution in [0.1, 0.15) is 12.5 Å². The number of benzene rings is 3. The molecule has 0 bridgehead atoms. The first-order chi connectivity index (χ1) is 15.2. The maximum atomic E-state index is 11.4. The molecule has 31 heavy (non-hydrogen) atoms. The minimum absolute atomic E-state index is 0.0599. The number of hydrogen-bond acceptors (Lipinski definition) is 5. The summed E-state index contributed by atoms with van der Waals surface area (Å²) >= 11 is 1.90. The van der Waals surface area contributed by atoms with Gasteiger partial charge in [-0.15, -0.1) is 11.8 Å². The maximum absolute atomic E-state index is 11.4. The summed E-state index contributed by atoms with van der Waals surface area (Å²) in [6, 6.07) is 20.2. The van der Waals surface area contributed by atoms with Crippen molar-refractivity contribution in [3.05, 3.63) is 72.0 Å². The molecule has 6 heteroatoms. The third-order valence-electron chi connectivity index (χ3n) is 5.14. The molecule has 1 heterocycles. The fraction of sp³-hybridized carbons (Fsp3) is 0.240. The molecule has 160 valence electrons. The van der Waals surface area contributed by atoms with E-state index in [1.54, 1.807) is 13.0 Å². The molecule has 5 nitrogen and oxygen atoms in total.